The molecule has 0 amide bonds. The number of hydrogen-bond donors (Lipinski definition) is 1. The van der Waals surface area contributed by atoms with Gasteiger partial charge in [-0.15, -0.1) is 0 Å². The summed E-state index contributed by atoms with van der Waals surface area (Å²) in [6, 6.07) is 9.64. The molecule has 0 unspecified atom stereocenters. The predicted octanol–water partition coefficient (Wildman–Crippen LogP) is 1.47. The monoisotopic (exact) mass is 428 g/mol. The van der Waals surface area contributed by atoms with Crippen LogP contribution in [-0.2, 0) is 11.2 Å². The molecule has 0 saturated carbocycles. The summed E-state index contributed by atoms with van der Waals surface area (Å²) in [5.74, 6) is 0. The molecule has 23 heavy (non-hydrogen) atoms. The lowest BCUT2D eigenvalue weighted by Gasteiger charge is -2.17. The number of rotatable bonds is 4. The summed E-state index contributed by atoms with van der Waals surface area (Å²) < 4.78 is 8.22. The summed E-state index contributed by atoms with van der Waals surface area (Å²) in [5.41, 5.74) is 0.844. The zero-order valence-corrected chi connectivity index (χ0v) is 14.5. The number of ether oxygens (including phenoxy) is 1. The van der Waals surface area contributed by atoms with E-state index in [0.717, 1.165) is 8.34 Å². The van der Waals surface area contributed by atoms with Gasteiger partial charge >= 0.3 is 5.69 Å². The lowest BCUT2D eigenvalue weighted by Crippen LogP contribution is -2.38. The molecule has 2 atom stereocenters. The number of aromatic nitrogens is 2. The van der Waals surface area contributed by atoms with Crippen molar-refractivity contribution in [1.82, 2.24) is 7.35 Å². The summed E-state index contributed by atoms with van der Waals surface area (Å²) in [4.78, 5) is 24.7. The molecule has 2 heterocycles. The molecule has 0 aliphatic carbocycles. The van der Waals surface area contributed by atoms with Crippen molar-refractivity contribution in [2.24, 2.45) is 0 Å². The van der Waals surface area contributed by atoms with Crippen LogP contribution in [0.3, 0.4) is 0 Å². The first kappa shape index (κ1) is 16.4. The van der Waals surface area contributed by atoms with Gasteiger partial charge in [0.1, 0.15) is 6.23 Å². The van der Waals surface area contributed by atoms with E-state index in [-0.39, 0.29) is 18.3 Å². The Balaban J connectivity index is 1.98. The van der Waals surface area contributed by atoms with Gasteiger partial charge < -0.3 is 9.84 Å². The topological polar surface area (TPSA) is 73.5 Å². The van der Waals surface area contributed by atoms with Crippen molar-refractivity contribution in [2.45, 2.75) is 31.6 Å². The maximum absolute atomic E-state index is 12.4. The van der Waals surface area contributed by atoms with E-state index in [1.165, 1.54) is 4.57 Å². The highest BCUT2D eigenvalue weighted by molar-refractivity contribution is 14.1. The first-order chi connectivity index (χ1) is 11.1. The summed E-state index contributed by atoms with van der Waals surface area (Å²) in [5, 5.41) is 9.18. The van der Waals surface area contributed by atoms with Crippen LogP contribution < -0.4 is 11.2 Å². The summed E-state index contributed by atoms with van der Waals surface area (Å²) >= 11 is 1.73. The van der Waals surface area contributed by atoms with Gasteiger partial charge in [0.15, 0.2) is 0 Å². The second-order valence-electron chi connectivity index (χ2n) is 5.57. The first-order valence-corrected chi connectivity index (χ1v) is 8.40. The molecule has 1 aromatic carbocycles. The van der Waals surface area contributed by atoms with Crippen LogP contribution in [0.4, 0.5) is 0 Å². The number of hydrogen-bond acceptors (Lipinski definition) is 4. The summed E-state index contributed by atoms with van der Waals surface area (Å²) in [6.07, 6.45) is 2.71. The predicted molar refractivity (Wildman–Crippen MR) is 93.9 cm³/mol. The van der Waals surface area contributed by atoms with Gasteiger partial charge in [-0.3, -0.25) is 9.36 Å². The van der Waals surface area contributed by atoms with Crippen molar-refractivity contribution >= 4 is 22.9 Å². The Hall–Kier alpha value is -1.45. The zero-order chi connectivity index (χ0) is 16.4. The zero-order valence-electron chi connectivity index (χ0n) is 12.4. The number of nitrogens with zero attached hydrogens (tertiary/aromatic N) is 2. The molecule has 1 aliphatic rings. The van der Waals surface area contributed by atoms with Gasteiger partial charge in [0.05, 0.1) is 35.6 Å². The van der Waals surface area contributed by atoms with Crippen LogP contribution in [0.15, 0.2) is 46.1 Å². The highest BCUT2D eigenvalue weighted by Gasteiger charge is 2.27. The lowest BCUT2D eigenvalue weighted by atomic mass is 10.1. The molecule has 3 rings (SSSR count). The van der Waals surface area contributed by atoms with Gasteiger partial charge in [0.25, 0.3) is 5.56 Å². The van der Waals surface area contributed by atoms with Crippen LogP contribution in [-0.4, -0.2) is 25.2 Å². The maximum atomic E-state index is 12.4. The van der Waals surface area contributed by atoms with Gasteiger partial charge in [-0.1, -0.05) is 30.3 Å². The number of halogens is 1. The van der Waals surface area contributed by atoms with Gasteiger partial charge in [0.2, 0.25) is 0 Å². The Bertz CT molecular complexity index is 800. The van der Waals surface area contributed by atoms with E-state index in [9.17, 15) is 14.7 Å². The smallest absolute Gasteiger partial charge is 0.342 e. The van der Waals surface area contributed by atoms with Crippen molar-refractivity contribution in [3.63, 3.8) is 0 Å². The quantitative estimate of drug-likeness (QED) is 0.749. The second-order valence-corrected chi connectivity index (χ2v) is 6.53. The van der Waals surface area contributed by atoms with Crippen molar-refractivity contribution in [1.29, 1.82) is 0 Å². The van der Waals surface area contributed by atoms with Crippen LogP contribution in [0, 0.1) is 0 Å². The Morgan fingerprint density at radius 2 is 1.96 bits per heavy atom. The fourth-order valence-corrected chi connectivity index (χ4v) is 3.32. The molecule has 1 fully saturated rings. The fourth-order valence-electron chi connectivity index (χ4n) is 2.76. The molecule has 1 aliphatic heterocycles. The van der Waals surface area contributed by atoms with Crippen molar-refractivity contribution in [3.05, 3.63) is 68.5 Å². The molecule has 1 N–H and O–H groups in total. The molecule has 2 aromatic rings. The molecule has 122 valence electrons. The third-order valence-corrected chi connectivity index (χ3v) is 4.82. The van der Waals surface area contributed by atoms with Gasteiger partial charge in [-0.05, 0) is 18.4 Å². The number of aliphatic hydroxyl groups is 1. The molecule has 0 spiro atoms. The minimum atomic E-state index is -0.434. The van der Waals surface area contributed by atoms with Crippen LogP contribution >= 0.6 is 22.9 Å². The largest absolute Gasteiger partial charge is 0.394 e. The van der Waals surface area contributed by atoms with Crippen molar-refractivity contribution in [3.8, 4) is 0 Å². The van der Waals surface area contributed by atoms with Crippen molar-refractivity contribution < 1.29 is 9.84 Å². The van der Waals surface area contributed by atoms with Gasteiger partial charge in [-0.2, -0.15) is 2.78 Å². The van der Waals surface area contributed by atoms with Crippen molar-refractivity contribution in [2.75, 3.05) is 6.61 Å². The molecular weight excluding hydrogens is 411 g/mol. The molecule has 6 nitrogen and oxygen atoms in total. The average molecular weight is 428 g/mol. The summed E-state index contributed by atoms with van der Waals surface area (Å²) in [6.45, 7) is -0.0635. The van der Waals surface area contributed by atoms with E-state index in [1.807, 2.05) is 30.3 Å². The molecule has 0 radical (unpaired) electrons. The Labute approximate surface area is 146 Å². The molecule has 1 aromatic heterocycles. The van der Waals surface area contributed by atoms with Gasteiger partial charge in [0, 0.05) is 18.2 Å². The summed E-state index contributed by atoms with van der Waals surface area (Å²) in [7, 11) is 0. The Morgan fingerprint density at radius 1 is 1.22 bits per heavy atom. The first-order valence-electron chi connectivity index (χ1n) is 7.43. The minimum absolute atomic E-state index is 0.0635. The van der Waals surface area contributed by atoms with E-state index >= 15 is 0 Å². The molecule has 7 heteroatoms. The molecule has 1 saturated heterocycles. The number of benzene rings is 1. The minimum Gasteiger partial charge on any atom is -0.394 e. The van der Waals surface area contributed by atoms with E-state index in [2.05, 4.69) is 0 Å². The van der Waals surface area contributed by atoms with Crippen LogP contribution in [0.25, 0.3) is 0 Å². The SMILES string of the molecule is O=c1c(Cc2ccccc2)cn([C@H]2CC[C@@H](CO)O2)c(=O)n1I. The third kappa shape index (κ3) is 3.41. The Morgan fingerprint density at radius 3 is 2.61 bits per heavy atom. The van der Waals surface area contributed by atoms with Crippen LogP contribution in [0.1, 0.15) is 30.2 Å². The highest BCUT2D eigenvalue weighted by atomic mass is 127. The fraction of sp³-hybridized carbons (Fsp3) is 0.375. The van der Waals surface area contributed by atoms with E-state index in [4.69, 9.17) is 4.74 Å². The van der Waals surface area contributed by atoms with Gasteiger partial charge in [-0.25, -0.2) is 4.79 Å². The van der Waals surface area contributed by atoms with E-state index < -0.39 is 11.9 Å². The van der Waals surface area contributed by atoms with Crippen LogP contribution in [0.2, 0.25) is 0 Å². The third-order valence-electron chi connectivity index (χ3n) is 3.97. The second kappa shape index (κ2) is 6.98. The maximum Gasteiger partial charge on any atom is 0.342 e. The molecule has 0 bridgehead atoms. The number of aliphatic hydroxyl groups excluding tert-OH is 1. The average Bonchev–Trinajstić information content (AvgIpc) is 3.05. The molecular formula is C16H17IN2O4. The highest BCUT2D eigenvalue weighted by Crippen LogP contribution is 2.26. The van der Waals surface area contributed by atoms with E-state index in [1.54, 1.807) is 29.1 Å². The van der Waals surface area contributed by atoms with Crippen LogP contribution in [0.5, 0.6) is 0 Å². The van der Waals surface area contributed by atoms with E-state index in [0.29, 0.717) is 24.8 Å². The standard InChI is InChI=1S/C16H17IN2O4/c17-19-15(21)12(8-11-4-2-1-3-5-11)9-18(16(19)22)14-7-6-13(10-20)23-14/h1-5,9,13-14,20H,6-8,10H2/t13-,14+/m0/s1. The normalized spacial score (nSPS) is 20.8. The lowest BCUT2D eigenvalue weighted by molar-refractivity contribution is -0.0248. The Kier molecular flexibility index (Phi) is 4.98.